The molecule has 0 aliphatic carbocycles. The van der Waals surface area contributed by atoms with E-state index in [2.05, 4.69) is 5.73 Å². The van der Waals surface area contributed by atoms with Gasteiger partial charge >= 0.3 is 5.91 Å². The zero-order chi connectivity index (χ0) is 5.86. The Morgan fingerprint density at radius 1 is 1.57 bits per heavy atom. The van der Waals surface area contributed by atoms with Gasteiger partial charge in [-0.15, -0.1) is 0 Å². The Labute approximate surface area is 41.5 Å². The summed E-state index contributed by atoms with van der Waals surface area (Å²) in [5.41, 5.74) is 3.02. The van der Waals surface area contributed by atoms with Crippen LogP contribution in [-0.4, -0.2) is 11.7 Å². The summed E-state index contributed by atoms with van der Waals surface area (Å²) in [4.78, 5) is 19.9. The van der Waals surface area contributed by atoms with E-state index in [9.17, 15) is 9.59 Å². The van der Waals surface area contributed by atoms with Gasteiger partial charge in [-0.25, -0.2) is 4.79 Å². The summed E-state index contributed by atoms with van der Waals surface area (Å²) in [6.07, 6.45) is -0.0278. The van der Waals surface area contributed by atoms with Gasteiger partial charge in [0.05, 0.1) is 0 Å². The van der Waals surface area contributed by atoms with Crippen LogP contribution in [0.1, 0.15) is 13.3 Å². The maximum absolute atomic E-state index is 9.99. The average Bonchev–Trinajstić information content (AvgIpc) is 1.27. The van der Waals surface area contributed by atoms with Crippen molar-refractivity contribution in [3.63, 3.8) is 0 Å². The van der Waals surface area contributed by atoms with Gasteiger partial charge < -0.3 is 0 Å². The van der Waals surface area contributed by atoms with Crippen molar-refractivity contribution in [2.24, 2.45) is 0 Å². The molecule has 0 aliphatic heterocycles. The SMILES string of the molecule is CC(=O)CC([NH3+])=O. The highest BCUT2D eigenvalue weighted by atomic mass is 16.2. The molecule has 3 nitrogen and oxygen atoms in total. The maximum atomic E-state index is 9.99. The number of carbonyl (C=O) groups excluding carboxylic acids is 2. The molecule has 3 N–H and O–H groups in total. The Balaban J connectivity index is 3.32. The molecule has 0 heterocycles. The minimum Gasteiger partial charge on any atom is -0.299 e. The van der Waals surface area contributed by atoms with E-state index >= 15 is 0 Å². The van der Waals surface area contributed by atoms with E-state index in [1.165, 1.54) is 6.92 Å². The quantitative estimate of drug-likeness (QED) is 0.442. The number of rotatable bonds is 2. The zero-order valence-corrected chi connectivity index (χ0v) is 4.23. The van der Waals surface area contributed by atoms with Crippen LogP contribution >= 0.6 is 0 Å². The molecule has 0 atom stereocenters. The van der Waals surface area contributed by atoms with Gasteiger partial charge in [-0.3, -0.25) is 10.5 Å². The molecule has 0 spiro atoms. The average molecular weight is 102 g/mol. The topological polar surface area (TPSA) is 61.8 Å². The van der Waals surface area contributed by atoms with Gasteiger partial charge in [-0.1, -0.05) is 0 Å². The zero-order valence-electron chi connectivity index (χ0n) is 4.23. The Morgan fingerprint density at radius 2 is 2.00 bits per heavy atom. The molecule has 0 unspecified atom stereocenters. The number of hydrogen-bond donors (Lipinski definition) is 1. The fraction of sp³-hybridized carbons (Fsp3) is 0.500. The number of Topliss-reactive ketones (excluding diaryl/α,β-unsaturated/α-hetero) is 1. The highest BCUT2D eigenvalue weighted by molar-refractivity contribution is 5.92. The smallest absolute Gasteiger partial charge is 0.299 e. The van der Waals surface area contributed by atoms with Crippen LogP contribution in [0.15, 0.2) is 0 Å². The van der Waals surface area contributed by atoms with Gasteiger partial charge in [0, 0.05) is 0 Å². The van der Waals surface area contributed by atoms with Gasteiger partial charge in [0.15, 0.2) is 0 Å². The molecule has 0 aromatic carbocycles. The number of hydrogen-bond acceptors (Lipinski definition) is 2. The van der Waals surface area contributed by atoms with E-state index < -0.39 is 0 Å². The van der Waals surface area contributed by atoms with Crippen LogP contribution in [0.4, 0.5) is 0 Å². The fourth-order valence-electron chi connectivity index (χ4n) is 0.278. The van der Waals surface area contributed by atoms with E-state index in [1.54, 1.807) is 0 Å². The number of carbonyl (C=O) groups is 2. The predicted molar refractivity (Wildman–Crippen MR) is 23.2 cm³/mol. The number of quaternary nitrogens is 1. The van der Waals surface area contributed by atoms with Gasteiger partial charge in [0.25, 0.3) is 0 Å². The lowest BCUT2D eigenvalue weighted by Gasteiger charge is -1.78. The molecule has 1 amide bonds. The second-order valence-electron chi connectivity index (χ2n) is 1.42. The van der Waals surface area contributed by atoms with Crippen LogP contribution in [-0.2, 0) is 9.59 Å². The first kappa shape index (κ1) is 6.30. The van der Waals surface area contributed by atoms with Crippen LogP contribution < -0.4 is 5.73 Å². The molecule has 0 aromatic rings. The summed E-state index contributed by atoms with van der Waals surface area (Å²) in [5.74, 6) is -0.437. The molecule has 7 heavy (non-hydrogen) atoms. The molecule has 0 saturated carbocycles. The Kier molecular flexibility index (Phi) is 2.22. The van der Waals surface area contributed by atoms with Crippen molar-refractivity contribution in [1.82, 2.24) is 0 Å². The minimum atomic E-state index is -0.312. The lowest BCUT2D eigenvalue weighted by atomic mass is 10.3. The second kappa shape index (κ2) is 2.47. The minimum absolute atomic E-state index is 0.0278. The van der Waals surface area contributed by atoms with Crippen molar-refractivity contribution in [1.29, 1.82) is 0 Å². The molecule has 0 fully saturated rings. The van der Waals surface area contributed by atoms with E-state index in [0.717, 1.165) is 0 Å². The second-order valence-corrected chi connectivity index (χ2v) is 1.42. The van der Waals surface area contributed by atoms with Crippen LogP contribution in [0.5, 0.6) is 0 Å². The van der Waals surface area contributed by atoms with Crippen LogP contribution in [0.3, 0.4) is 0 Å². The summed E-state index contributed by atoms with van der Waals surface area (Å²) in [6.45, 7) is 1.36. The maximum Gasteiger partial charge on any atom is 0.316 e. The van der Waals surface area contributed by atoms with Crippen molar-refractivity contribution in [2.45, 2.75) is 13.3 Å². The molecule has 0 saturated heterocycles. The first-order chi connectivity index (χ1) is 3.13. The summed E-state index contributed by atoms with van der Waals surface area (Å²) < 4.78 is 0. The third-order valence-corrected chi connectivity index (χ3v) is 0.446. The van der Waals surface area contributed by atoms with E-state index in [4.69, 9.17) is 0 Å². The molecule has 0 bridgehead atoms. The number of ketones is 1. The van der Waals surface area contributed by atoms with E-state index in [1.807, 2.05) is 0 Å². The summed E-state index contributed by atoms with van der Waals surface area (Å²) >= 11 is 0. The standard InChI is InChI=1S/C4H7NO2/c1-3(6)2-4(5)7/h2H2,1H3,(H2,5,7)/p+1. The van der Waals surface area contributed by atoms with Crippen LogP contribution in [0, 0.1) is 0 Å². The molecular formula is C4H8NO2+. The van der Waals surface area contributed by atoms with Crippen molar-refractivity contribution in [3.05, 3.63) is 0 Å². The molecule has 0 aromatic heterocycles. The van der Waals surface area contributed by atoms with Crippen molar-refractivity contribution < 1.29 is 15.3 Å². The lowest BCUT2D eigenvalue weighted by Crippen LogP contribution is -2.57. The first-order valence-corrected chi connectivity index (χ1v) is 1.97. The lowest BCUT2D eigenvalue weighted by molar-refractivity contribution is -0.304. The fourth-order valence-corrected chi connectivity index (χ4v) is 0.278. The normalized spacial score (nSPS) is 8.29. The third kappa shape index (κ3) is 5.30. The Morgan fingerprint density at radius 3 is 2.00 bits per heavy atom. The Bertz CT molecular complexity index is 85.9. The molecule has 0 rings (SSSR count). The summed E-state index contributed by atoms with van der Waals surface area (Å²) in [7, 11) is 0. The monoisotopic (exact) mass is 102 g/mol. The van der Waals surface area contributed by atoms with Gasteiger partial charge in [0.2, 0.25) is 0 Å². The van der Waals surface area contributed by atoms with E-state index in [0.29, 0.717) is 0 Å². The molecule has 40 valence electrons. The summed E-state index contributed by atoms with van der Waals surface area (Å²) in [6, 6.07) is 0. The Hall–Kier alpha value is -0.700. The molecule has 0 radical (unpaired) electrons. The van der Waals surface area contributed by atoms with Gasteiger partial charge in [0.1, 0.15) is 12.2 Å². The van der Waals surface area contributed by atoms with Crippen LogP contribution in [0.2, 0.25) is 0 Å². The van der Waals surface area contributed by atoms with E-state index in [-0.39, 0.29) is 18.1 Å². The largest absolute Gasteiger partial charge is 0.316 e. The number of amides is 1. The van der Waals surface area contributed by atoms with Crippen molar-refractivity contribution in [2.75, 3.05) is 0 Å². The van der Waals surface area contributed by atoms with Crippen molar-refractivity contribution in [3.8, 4) is 0 Å². The first-order valence-electron chi connectivity index (χ1n) is 1.97. The summed E-state index contributed by atoms with van der Waals surface area (Å²) in [5, 5.41) is 0. The molecule has 0 aliphatic rings. The van der Waals surface area contributed by atoms with Crippen LogP contribution in [0.25, 0.3) is 0 Å². The van der Waals surface area contributed by atoms with Gasteiger partial charge in [-0.2, -0.15) is 0 Å². The third-order valence-electron chi connectivity index (χ3n) is 0.446. The molecule has 3 heteroatoms. The van der Waals surface area contributed by atoms with Gasteiger partial charge in [-0.05, 0) is 6.92 Å². The van der Waals surface area contributed by atoms with Crippen molar-refractivity contribution >= 4 is 11.7 Å². The highest BCUT2D eigenvalue weighted by Gasteiger charge is 1.99. The predicted octanol–water partition coefficient (Wildman–Crippen LogP) is -1.27. The highest BCUT2D eigenvalue weighted by Crippen LogP contribution is 1.73. The molecular weight excluding hydrogens is 94.0 g/mol.